The minimum atomic E-state index is -0.974. The van der Waals surface area contributed by atoms with Crippen LogP contribution in [-0.4, -0.2) is 53.8 Å². The Labute approximate surface area is 158 Å². The van der Waals surface area contributed by atoms with Crippen molar-refractivity contribution < 1.29 is 28.6 Å². The number of imide groups is 1. The minimum absolute atomic E-state index is 0.295. The van der Waals surface area contributed by atoms with Crippen LogP contribution in [0.3, 0.4) is 0 Å². The van der Waals surface area contributed by atoms with Gasteiger partial charge in [0.1, 0.15) is 11.6 Å². The second-order valence-corrected chi connectivity index (χ2v) is 7.68. The van der Waals surface area contributed by atoms with Crippen molar-refractivity contribution in [3.05, 3.63) is 35.4 Å². The van der Waals surface area contributed by atoms with Crippen molar-refractivity contribution in [3.8, 4) is 0 Å². The van der Waals surface area contributed by atoms with E-state index in [4.69, 9.17) is 14.2 Å². The highest BCUT2D eigenvalue weighted by molar-refractivity contribution is 6.22. The number of benzene rings is 1. The molecule has 1 saturated heterocycles. The van der Waals surface area contributed by atoms with Crippen LogP contribution in [0.1, 0.15) is 60.7 Å². The second kappa shape index (κ2) is 7.78. The van der Waals surface area contributed by atoms with Crippen molar-refractivity contribution in [2.45, 2.75) is 58.0 Å². The molecule has 7 heteroatoms. The van der Waals surface area contributed by atoms with E-state index in [1.165, 1.54) is 0 Å². The third kappa shape index (κ3) is 4.36. The van der Waals surface area contributed by atoms with Gasteiger partial charge < -0.3 is 14.2 Å². The summed E-state index contributed by atoms with van der Waals surface area (Å²) in [7, 11) is 0. The molecule has 2 amide bonds. The molecule has 1 fully saturated rings. The molecule has 2 aliphatic rings. The molecule has 1 unspecified atom stereocenters. The van der Waals surface area contributed by atoms with Gasteiger partial charge in [0.25, 0.3) is 11.8 Å². The van der Waals surface area contributed by atoms with Crippen LogP contribution in [0.2, 0.25) is 0 Å². The molecule has 0 radical (unpaired) electrons. The van der Waals surface area contributed by atoms with E-state index in [1.54, 1.807) is 45.0 Å². The van der Waals surface area contributed by atoms with Gasteiger partial charge in [0.15, 0.2) is 6.29 Å². The van der Waals surface area contributed by atoms with E-state index in [-0.39, 0.29) is 6.29 Å². The Hall–Kier alpha value is -2.25. The van der Waals surface area contributed by atoms with Gasteiger partial charge in [-0.25, -0.2) is 4.79 Å². The largest absolute Gasteiger partial charge is 0.458 e. The van der Waals surface area contributed by atoms with Crippen LogP contribution in [0.15, 0.2) is 24.3 Å². The van der Waals surface area contributed by atoms with Crippen molar-refractivity contribution in [1.82, 2.24) is 4.90 Å². The normalized spacial score (nSPS) is 18.7. The van der Waals surface area contributed by atoms with Crippen molar-refractivity contribution in [2.75, 3.05) is 13.2 Å². The lowest BCUT2D eigenvalue weighted by Gasteiger charge is -2.28. The minimum Gasteiger partial charge on any atom is -0.458 e. The average Bonchev–Trinajstić information content (AvgIpc) is 3.19. The Morgan fingerprint density at radius 1 is 1.15 bits per heavy atom. The Morgan fingerprint density at radius 2 is 1.70 bits per heavy atom. The number of hydrogen-bond donors (Lipinski definition) is 0. The van der Waals surface area contributed by atoms with E-state index in [1.807, 2.05) is 0 Å². The maximum absolute atomic E-state index is 12.8. The van der Waals surface area contributed by atoms with E-state index in [9.17, 15) is 14.4 Å². The van der Waals surface area contributed by atoms with Crippen LogP contribution >= 0.6 is 0 Å². The number of rotatable bonds is 6. The van der Waals surface area contributed by atoms with E-state index in [0.717, 1.165) is 4.90 Å². The van der Waals surface area contributed by atoms with Gasteiger partial charge in [0, 0.05) is 0 Å². The van der Waals surface area contributed by atoms with E-state index in [2.05, 4.69) is 0 Å². The third-order valence-corrected chi connectivity index (χ3v) is 4.42. The zero-order chi connectivity index (χ0) is 19.6. The third-order valence-electron chi connectivity index (χ3n) is 4.42. The van der Waals surface area contributed by atoms with Gasteiger partial charge in [-0.05, 0) is 52.2 Å². The van der Waals surface area contributed by atoms with Crippen LogP contribution in [0.5, 0.6) is 0 Å². The molecule has 0 N–H and O–H groups in total. The van der Waals surface area contributed by atoms with E-state index < -0.39 is 29.4 Å². The van der Waals surface area contributed by atoms with Crippen LogP contribution < -0.4 is 0 Å². The molecule has 1 aromatic rings. The van der Waals surface area contributed by atoms with Crippen LogP contribution in [0, 0.1) is 0 Å². The monoisotopic (exact) mass is 375 g/mol. The number of esters is 1. The Balaban J connectivity index is 1.77. The van der Waals surface area contributed by atoms with Crippen molar-refractivity contribution >= 4 is 17.8 Å². The summed E-state index contributed by atoms with van der Waals surface area (Å²) in [6.45, 7) is 6.37. The van der Waals surface area contributed by atoms with Gasteiger partial charge in [0.2, 0.25) is 0 Å². The molecule has 3 rings (SSSR count). The van der Waals surface area contributed by atoms with E-state index >= 15 is 0 Å². The molecule has 1 aromatic carbocycles. The molecule has 0 aromatic heterocycles. The van der Waals surface area contributed by atoms with Gasteiger partial charge in [-0.1, -0.05) is 12.1 Å². The molecule has 27 heavy (non-hydrogen) atoms. The summed E-state index contributed by atoms with van der Waals surface area (Å²) in [5, 5.41) is 0. The Kier molecular flexibility index (Phi) is 5.62. The summed E-state index contributed by atoms with van der Waals surface area (Å²) >= 11 is 0. The number of carbonyl (C=O) groups is 3. The summed E-state index contributed by atoms with van der Waals surface area (Å²) in [6.07, 6.45) is 1.14. The van der Waals surface area contributed by atoms with Gasteiger partial charge in [-0.15, -0.1) is 0 Å². The molecule has 2 aliphatic heterocycles. The summed E-state index contributed by atoms with van der Waals surface area (Å²) in [5.41, 5.74) is -0.0804. The summed E-state index contributed by atoms with van der Waals surface area (Å²) in [5.74, 6) is -1.50. The lowest BCUT2D eigenvalue weighted by molar-refractivity contribution is -0.160. The molecule has 1 atom stereocenters. The van der Waals surface area contributed by atoms with Gasteiger partial charge >= 0.3 is 5.97 Å². The molecular formula is C20H25NO6. The molecule has 0 bridgehead atoms. The van der Waals surface area contributed by atoms with Crippen molar-refractivity contribution in [3.63, 3.8) is 0 Å². The van der Waals surface area contributed by atoms with Gasteiger partial charge in [-0.2, -0.15) is 0 Å². The first-order valence-electron chi connectivity index (χ1n) is 9.21. The van der Waals surface area contributed by atoms with Crippen molar-refractivity contribution in [2.24, 2.45) is 0 Å². The van der Waals surface area contributed by atoms with Crippen molar-refractivity contribution in [1.29, 1.82) is 0 Å². The molecule has 0 spiro atoms. The molecule has 146 valence electrons. The number of hydrogen-bond acceptors (Lipinski definition) is 6. The predicted molar refractivity (Wildman–Crippen MR) is 96.1 cm³/mol. The molecule has 2 heterocycles. The summed E-state index contributed by atoms with van der Waals surface area (Å²) in [4.78, 5) is 39.4. The quantitative estimate of drug-likeness (QED) is 0.561. The maximum atomic E-state index is 12.8. The first-order chi connectivity index (χ1) is 12.8. The summed E-state index contributed by atoms with van der Waals surface area (Å²) in [6, 6.07) is 5.62. The molecule has 7 nitrogen and oxygen atoms in total. The second-order valence-electron chi connectivity index (χ2n) is 7.68. The number of amides is 2. The molecule has 0 saturated carbocycles. The Bertz CT molecular complexity index is 697. The highest BCUT2D eigenvalue weighted by Crippen LogP contribution is 2.28. The number of nitrogens with zero attached hydrogens (tertiary/aromatic N) is 1. The summed E-state index contributed by atoms with van der Waals surface area (Å²) < 4.78 is 16.3. The number of ether oxygens (including phenoxy) is 3. The van der Waals surface area contributed by atoms with Gasteiger partial charge in [0.05, 0.1) is 24.3 Å². The molecule has 0 aliphatic carbocycles. The standard InChI is InChI=1S/C20H25NO6/c1-20(2,3)27-19(24)15(9-6-10-16-25-11-12-26-16)21-17(22)13-7-4-5-8-14(13)18(21)23/h4-5,7-8,15-16H,6,9-12H2,1-3H3. The fourth-order valence-corrected chi connectivity index (χ4v) is 3.26. The zero-order valence-electron chi connectivity index (χ0n) is 15.9. The Morgan fingerprint density at radius 3 is 2.22 bits per heavy atom. The fourth-order valence-electron chi connectivity index (χ4n) is 3.26. The first kappa shape index (κ1) is 19.5. The first-order valence-corrected chi connectivity index (χ1v) is 9.21. The fraction of sp³-hybridized carbons (Fsp3) is 0.550. The van der Waals surface area contributed by atoms with Crippen LogP contribution in [-0.2, 0) is 19.0 Å². The highest BCUT2D eigenvalue weighted by atomic mass is 16.7. The van der Waals surface area contributed by atoms with Crippen LogP contribution in [0.4, 0.5) is 0 Å². The van der Waals surface area contributed by atoms with E-state index in [0.29, 0.717) is 43.6 Å². The lowest BCUT2D eigenvalue weighted by atomic mass is 10.1. The van der Waals surface area contributed by atoms with Gasteiger partial charge in [-0.3, -0.25) is 14.5 Å². The SMILES string of the molecule is CC(C)(C)OC(=O)C(CCCC1OCCO1)N1C(=O)c2ccccc2C1=O. The molecular weight excluding hydrogens is 350 g/mol. The predicted octanol–water partition coefficient (Wildman–Crippen LogP) is 2.54. The topological polar surface area (TPSA) is 82.1 Å². The number of carbonyl (C=O) groups excluding carboxylic acids is 3. The number of fused-ring (bicyclic) bond motifs is 1. The smallest absolute Gasteiger partial charge is 0.329 e. The average molecular weight is 375 g/mol. The van der Waals surface area contributed by atoms with Crippen LogP contribution in [0.25, 0.3) is 0 Å². The maximum Gasteiger partial charge on any atom is 0.329 e. The highest BCUT2D eigenvalue weighted by Gasteiger charge is 2.43. The zero-order valence-corrected chi connectivity index (χ0v) is 15.9. The lowest BCUT2D eigenvalue weighted by Crippen LogP contribution is -2.47.